The van der Waals surface area contributed by atoms with Gasteiger partial charge in [-0.2, -0.15) is 0 Å². The van der Waals surface area contributed by atoms with Gasteiger partial charge in [-0.05, 0) is 39.8 Å². The maximum Gasteiger partial charge on any atom is 0.164 e. The lowest BCUT2D eigenvalue weighted by molar-refractivity contribution is 0.414. The van der Waals surface area contributed by atoms with Gasteiger partial charge in [0.2, 0.25) is 0 Å². The molecule has 1 heterocycles. The molecule has 1 N–H and O–H groups in total. The second-order valence-electron chi connectivity index (χ2n) is 5.82. The minimum atomic E-state index is -0.224. The van der Waals surface area contributed by atoms with Crippen LogP contribution in [0.4, 0.5) is 10.1 Å². The van der Waals surface area contributed by atoms with Gasteiger partial charge in [0.05, 0.1) is 0 Å². The molecule has 1 aliphatic heterocycles. The standard InChI is InChI=1S/C15H21FN3/c1-5-19(14-8-6-12(16)7-9-14)11-13(10-17-19)18-15(2,3)4/h6-11,18H,5H2,1-4H3/q+1. The van der Waals surface area contributed by atoms with E-state index in [0.717, 1.165) is 17.9 Å². The third-order valence-electron chi connectivity index (χ3n) is 3.03. The molecule has 1 unspecified atom stereocenters. The van der Waals surface area contributed by atoms with Gasteiger partial charge >= 0.3 is 0 Å². The summed E-state index contributed by atoms with van der Waals surface area (Å²) in [6.07, 6.45) is 3.91. The van der Waals surface area contributed by atoms with Crippen molar-refractivity contribution in [2.75, 3.05) is 6.54 Å². The van der Waals surface area contributed by atoms with Crippen LogP contribution in [0.3, 0.4) is 0 Å². The van der Waals surface area contributed by atoms with Gasteiger partial charge in [0.15, 0.2) is 11.9 Å². The van der Waals surface area contributed by atoms with Crippen LogP contribution in [0.25, 0.3) is 0 Å². The topological polar surface area (TPSA) is 24.4 Å². The van der Waals surface area contributed by atoms with Crippen LogP contribution in [0.2, 0.25) is 0 Å². The summed E-state index contributed by atoms with van der Waals surface area (Å²) in [7, 11) is 0. The highest BCUT2D eigenvalue weighted by Crippen LogP contribution is 2.28. The van der Waals surface area contributed by atoms with Crippen molar-refractivity contribution in [1.82, 2.24) is 9.91 Å². The maximum atomic E-state index is 13.0. The van der Waals surface area contributed by atoms with Crippen LogP contribution < -0.4 is 9.91 Å². The van der Waals surface area contributed by atoms with E-state index in [1.165, 1.54) is 12.1 Å². The van der Waals surface area contributed by atoms with E-state index in [-0.39, 0.29) is 11.4 Å². The molecule has 0 amide bonds. The lowest BCUT2D eigenvalue weighted by Gasteiger charge is -2.24. The Morgan fingerprint density at radius 1 is 1.21 bits per heavy atom. The maximum absolute atomic E-state index is 13.0. The minimum absolute atomic E-state index is 0.00556. The summed E-state index contributed by atoms with van der Waals surface area (Å²) in [4.78, 5) is 0. The summed E-state index contributed by atoms with van der Waals surface area (Å²) in [6, 6.07) is 6.52. The van der Waals surface area contributed by atoms with Crippen molar-refractivity contribution in [3.05, 3.63) is 42.0 Å². The highest BCUT2D eigenvalue weighted by Gasteiger charge is 2.32. The minimum Gasteiger partial charge on any atom is -0.375 e. The molecule has 19 heavy (non-hydrogen) atoms. The van der Waals surface area contributed by atoms with Crippen LogP contribution in [-0.2, 0) is 0 Å². The van der Waals surface area contributed by atoms with E-state index in [1.54, 1.807) is 12.1 Å². The molecule has 1 aromatic rings. The van der Waals surface area contributed by atoms with E-state index in [0.29, 0.717) is 4.59 Å². The molecule has 0 saturated heterocycles. The first-order chi connectivity index (χ1) is 8.85. The number of hydrogen-bond acceptors (Lipinski definition) is 2. The molecule has 0 aliphatic carbocycles. The molecule has 0 radical (unpaired) electrons. The largest absolute Gasteiger partial charge is 0.375 e. The van der Waals surface area contributed by atoms with Gasteiger partial charge in [0, 0.05) is 17.7 Å². The molecule has 102 valence electrons. The van der Waals surface area contributed by atoms with Crippen molar-refractivity contribution >= 4 is 11.9 Å². The molecule has 1 aliphatic rings. The number of nitrogens with one attached hydrogen (secondary N) is 1. The van der Waals surface area contributed by atoms with Crippen molar-refractivity contribution in [1.29, 1.82) is 0 Å². The first-order valence-corrected chi connectivity index (χ1v) is 6.55. The monoisotopic (exact) mass is 262 g/mol. The Hall–Kier alpha value is -1.68. The van der Waals surface area contributed by atoms with E-state index >= 15 is 0 Å². The van der Waals surface area contributed by atoms with Gasteiger partial charge in [-0.3, -0.25) is 0 Å². The van der Waals surface area contributed by atoms with Crippen LogP contribution >= 0.6 is 0 Å². The fraction of sp³-hybridized carbons (Fsp3) is 0.400. The molecule has 0 fully saturated rings. The van der Waals surface area contributed by atoms with Crippen LogP contribution in [0.1, 0.15) is 27.7 Å². The number of rotatable bonds is 3. The second kappa shape index (κ2) is 4.78. The van der Waals surface area contributed by atoms with E-state index < -0.39 is 0 Å². The smallest absolute Gasteiger partial charge is 0.164 e. The van der Waals surface area contributed by atoms with Crippen molar-refractivity contribution in [3.8, 4) is 0 Å². The zero-order valence-electron chi connectivity index (χ0n) is 11.9. The van der Waals surface area contributed by atoms with E-state index in [2.05, 4.69) is 44.3 Å². The Balaban J connectivity index is 2.31. The van der Waals surface area contributed by atoms with Gasteiger partial charge in [-0.25, -0.2) is 4.39 Å². The number of allylic oxidation sites excluding steroid dienone is 1. The van der Waals surface area contributed by atoms with Crippen LogP contribution in [0.5, 0.6) is 0 Å². The molecule has 1 atom stereocenters. The molecule has 0 spiro atoms. The van der Waals surface area contributed by atoms with Crippen LogP contribution in [0, 0.1) is 5.82 Å². The summed E-state index contributed by atoms with van der Waals surface area (Å²) >= 11 is 0. The lowest BCUT2D eigenvalue weighted by Crippen LogP contribution is -2.38. The Bertz CT molecular complexity index is 511. The van der Waals surface area contributed by atoms with E-state index in [1.807, 2.05) is 6.21 Å². The molecule has 2 rings (SSSR count). The Labute approximate surface area is 114 Å². The molecule has 1 aromatic carbocycles. The fourth-order valence-corrected chi connectivity index (χ4v) is 2.16. The molecule has 3 nitrogen and oxygen atoms in total. The van der Waals surface area contributed by atoms with E-state index in [9.17, 15) is 4.39 Å². The highest BCUT2D eigenvalue weighted by molar-refractivity contribution is 5.82. The molecule has 0 aromatic heterocycles. The van der Waals surface area contributed by atoms with Crippen molar-refractivity contribution < 1.29 is 4.39 Å². The van der Waals surface area contributed by atoms with Gasteiger partial charge in [-0.15, -0.1) is 4.59 Å². The SMILES string of the molecule is CC[N+]1(c2ccc(F)cc2)C=C(NC(C)(C)C)C=N1. The molecular weight excluding hydrogens is 241 g/mol. The third-order valence-corrected chi connectivity index (χ3v) is 3.03. The third kappa shape index (κ3) is 3.01. The Kier molecular flexibility index (Phi) is 3.45. The fourth-order valence-electron chi connectivity index (χ4n) is 2.16. The quantitative estimate of drug-likeness (QED) is 0.830. The number of benzene rings is 1. The van der Waals surface area contributed by atoms with Gasteiger partial charge in [-0.1, -0.05) is 5.10 Å². The summed E-state index contributed by atoms with van der Waals surface area (Å²) < 4.78 is 13.4. The van der Waals surface area contributed by atoms with Crippen molar-refractivity contribution in [2.24, 2.45) is 5.10 Å². The predicted molar refractivity (Wildman–Crippen MR) is 78.2 cm³/mol. The first-order valence-electron chi connectivity index (χ1n) is 6.55. The first kappa shape index (κ1) is 13.7. The Morgan fingerprint density at radius 2 is 1.84 bits per heavy atom. The average Bonchev–Trinajstić information content (AvgIpc) is 2.72. The summed E-state index contributed by atoms with van der Waals surface area (Å²) in [6.45, 7) is 9.18. The van der Waals surface area contributed by atoms with E-state index in [4.69, 9.17) is 0 Å². The number of nitrogens with zero attached hydrogens (tertiary/aromatic N) is 2. The average molecular weight is 262 g/mol. The zero-order chi connectivity index (χ0) is 14.1. The lowest BCUT2D eigenvalue weighted by atomic mass is 10.1. The molecule has 4 heteroatoms. The highest BCUT2D eigenvalue weighted by atomic mass is 19.1. The van der Waals surface area contributed by atoms with Gasteiger partial charge in [0.1, 0.15) is 24.3 Å². The molecule has 0 saturated carbocycles. The zero-order valence-corrected chi connectivity index (χ0v) is 11.9. The van der Waals surface area contributed by atoms with Crippen molar-refractivity contribution in [2.45, 2.75) is 33.2 Å². The molecule has 0 bridgehead atoms. The summed E-state index contributed by atoms with van der Waals surface area (Å²) in [5, 5.41) is 8.00. The summed E-state index contributed by atoms with van der Waals surface area (Å²) in [5.74, 6) is -0.224. The van der Waals surface area contributed by atoms with Crippen LogP contribution in [0.15, 0.2) is 41.3 Å². The van der Waals surface area contributed by atoms with Gasteiger partial charge < -0.3 is 5.32 Å². The predicted octanol–water partition coefficient (Wildman–Crippen LogP) is 3.38. The number of halogens is 1. The second-order valence-corrected chi connectivity index (χ2v) is 5.82. The van der Waals surface area contributed by atoms with Crippen molar-refractivity contribution in [3.63, 3.8) is 0 Å². The Morgan fingerprint density at radius 3 is 2.37 bits per heavy atom. The number of hydrogen-bond donors (Lipinski definition) is 1. The summed E-state index contributed by atoms with van der Waals surface area (Å²) in [5.41, 5.74) is 1.96. The van der Waals surface area contributed by atoms with Gasteiger partial charge in [0.25, 0.3) is 0 Å². The normalized spacial score (nSPS) is 22.5. The number of quaternary nitrogens is 1. The van der Waals surface area contributed by atoms with Crippen LogP contribution in [-0.4, -0.2) is 18.3 Å². The molecular formula is C15H21FN3+.